The second kappa shape index (κ2) is 9.32. The van der Waals surface area contributed by atoms with E-state index < -0.39 is 15.6 Å². The van der Waals surface area contributed by atoms with Crippen LogP contribution >= 0.6 is 11.3 Å². The molecular weight excluding hydrogens is 384 g/mol. The second-order valence-electron chi connectivity index (χ2n) is 6.15. The molecule has 7 nitrogen and oxygen atoms in total. The summed E-state index contributed by atoms with van der Waals surface area (Å²) in [6.45, 7) is 4.98. The molecule has 2 aromatic rings. The zero-order chi connectivity index (χ0) is 19.9. The molecule has 1 aromatic heterocycles. The van der Waals surface area contributed by atoms with Crippen LogP contribution in [-0.4, -0.2) is 39.6 Å². The number of aliphatic imine (C=N–C) groups is 1. The quantitative estimate of drug-likeness (QED) is 0.391. The Bertz CT molecular complexity index is 862. The van der Waals surface area contributed by atoms with Gasteiger partial charge in [-0.05, 0) is 50.0 Å². The Kier molecular flexibility index (Phi) is 7.37. The predicted octanol–water partition coefficient (Wildman–Crippen LogP) is 1.62. The number of hydrogen-bond acceptors (Lipinski definition) is 5. The highest BCUT2D eigenvalue weighted by molar-refractivity contribution is 7.89. The summed E-state index contributed by atoms with van der Waals surface area (Å²) in [5.41, 5.74) is -0.237. The van der Waals surface area contributed by atoms with E-state index in [0.29, 0.717) is 25.6 Å². The fourth-order valence-electron chi connectivity index (χ4n) is 2.37. The average Bonchev–Trinajstić information content (AvgIpc) is 3.20. The predicted molar refractivity (Wildman–Crippen MR) is 109 cm³/mol. The van der Waals surface area contributed by atoms with Gasteiger partial charge in [0, 0.05) is 11.4 Å². The van der Waals surface area contributed by atoms with Crippen molar-refractivity contribution in [3.05, 3.63) is 52.2 Å². The molecule has 1 aromatic carbocycles. The first-order valence-electron chi connectivity index (χ1n) is 8.59. The van der Waals surface area contributed by atoms with Crippen molar-refractivity contribution < 1.29 is 13.5 Å². The van der Waals surface area contributed by atoms with Crippen LogP contribution in [0.2, 0.25) is 0 Å². The van der Waals surface area contributed by atoms with Crippen molar-refractivity contribution >= 4 is 27.3 Å². The third kappa shape index (κ3) is 6.03. The minimum atomic E-state index is -3.49. The summed E-state index contributed by atoms with van der Waals surface area (Å²) in [7, 11) is -2.10. The van der Waals surface area contributed by atoms with E-state index in [-0.39, 0.29) is 4.90 Å². The number of nitrogens with one attached hydrogen (secondary N) is 3. The minimum absolute atomic E-state index is 0.205. The van der Waals surface area contributed by atoms with Crippen molar-refractivity contribution in [1.29, 1.82) is 0 Å². The van der Waals surface area contributed by atoms with Crippen LogP contribution in [0.4, 0.5) is 0 Å². The Morgan fingerprint density at radius 1 is 1.26 bits per heavy atom. The molecule has 148 valence electrons. The number of rotatable bonds is 8. The van der Waals surface area contributed by atoms with Crippen LogP contribution in [0.5, 0.6) is 0 Å². The molecule has 0 saturated carbocycles. The summed E-state index contributed by atoms with van der Waals surface area (Å²) in [4.78, 5) is 5.56. The molecule has 2 rings (SSSR count). The van der Waals surface area contributed by atoms with Crippen molar-refractivity contribution in [2.24, 2.45) is 4.99 Å². The van der Waals surface area contributed by atoms with Crippen LogP contribution in [0.1, 0.15) is 24.3 Å². The third-order valence-corrected chi connectivity index (χ3v) is 6.43. The maximum Gasteiger partial charge on any atom is 0.240 e. The van der Waals surface area contributed by atoms with Crippen LogP contribution < -0.4 is 15.4 Å². The Morgan fingerprint density at radius 3 is 2.67 bits per heavy atom. The van der Waals surface area contributed by atoms with E-state index in [0.717, 1.165) is 10.4 Å². The number of thiophene rings is 1. The Morgan fingerprint density at radius 2 is 2.04 bits per heavy atom. The number of benzene rings is 1. The van der Waals surface area contributed by atoms with Crippen LogP contribution in [-0.2, 0) is 22.2 Å². The van der Waals surface area contributed by atoms with Gasteiger partial charge in [0.1, 0.15) is 5.60 Å². The molecule has 1 atom stereocenters. The van der Waals surface area contributed by atoms with Crippen molar-refractivity contribution in [3.8, 4) is 0 Å². The average molecular weight is 411 g/mol. The smallest absolute Gasteiger partial charge is 0.240 e. The van der Waals surface area contributed by atoms with Crippen molar-refractivity contribution in [2.45, 2.75) is 30.9 Å². The van der Waals surface area contributed by atoms with Gasteiger partial charge in [-0.15, -0.1) is 11.3 Å². The fraction of sp³-hybridized carbons (Fsp3) is 0.389. The van der Waals surface area contributed by atoms with E-state index in [1.807, 2.05) is 30.5 Å². The zero-order valence-electron chi connectivity index (χ0n) is 15.7. The van der Waals surface area contributed by atoms with Gasteiger partial charge in [-0.2, -0.15) is 0 Å². The van der Waals surface area contributed by atoms with E-state index in [1.54, 1.807) is 25.1 Å². The third-order valence-electron chi connectivity index (χ3n) is 3.89. The van der Waals surface area contributed by atoms with Crippen molar-refractivity contribution in [3.63, 3.8) is 0 Å². The van der Waals surface area contributed by atoms with Gasteiger partial charge in [0.05, 0.1) is 18.0 Å². The normalized spacial score (nSPS) is 14.6. The first-order chi connectivity index (χ1) is 12.8. The molecule has 9 heteroatoms. The molecule has 4 N–H and O–H groups in total. The second-order valence-corrected chi connectivity index (χ2v) is 8.99. The molecule has 0 aliphatic carbocycles. The van der Waals surface area contributed by atoms with Gasteiger partial charge >= 0.3 is 0 Å². The van der Waals surface area contributed by atoms with Gasteiger partial charge in [-0.1, -0.05) is 18.2 Å². The fourth-order valence-corrected chi connectivity index (χ4v) is 3.96. The SMILES string of the molecule is CCNC(=NCc1cccc(S(=O)(=O)NC)c1)NCC(C)(O)c1cccs1. The maximum atomic E-state index is 11.9. The lowest BCUT2D eigenvalue weighted by Crippen LogP contribution is -2.44. The topological polar surface area (TPSA) is 103 Å². The Hall–Kier alpha value is -1.94. The summed E-state index contributed by atoms with van der Waals surface area (Å²) in [6, 6.07) is 10.5. The molecule has 0 fully saturated rings. The number of aliphatic hydroxyl groups is 1. The highest BCUT2D eigenvalue weighted by atomic mass is 32.2. The number of hydrogen-bond donors (Lipinski definition) is 4. The van der Waals surface area contributed by atoms with E-state index >= 15 is 0 Å². The van der Waals surface area contributed by atoms with Crippen LogP contribution in [0.3, 0.4) is 0 Å². The molecule has 0 aliphatic rings. The Balaban J connectivity index is 2.08. The van der Waals surface area contributed by atoms with Gasteiger partial charge in [0.15, 0.2) is 5.96 Å². The Labute approximate surface area is 164 Å². The molecule has 0 bridgehead atoms. The van der Waals surface area contributed by atoms with E-state index in [2.05, 4.69) is 20.3 Å². The highest BCUT2D eigenvalue weighted by Gasteiger charge is 2.24. The van der Waals surface area contributed by atoms with Gasteiger partial charge in [0.25, 0.3) is 0 Å². The van der Waals surface area contributed by atoms with Gasteiger partial charge in [0.2, 0.25) is 10.0 Å². The summed E-state index contributed by atoms with van der Waals surface area (Å²) >= 11 is 1.50. The van der Waals surface area contributed by atoms with E-state index in [9.17, 15) is 13.5 Å². The first-order valence-corrected chi connectivity index (χ1v) is 11.0. The number of guanidine groups is 1. The molecule has 0 radical (unpaired) electrons. The molecule has 0 amide bonds. The summed E-state index contributed by atoms with van der Waals surface area (Å²) < 4.78 is 26.1. The lowest BCUT2D eigenvalue weighted by atomic mass is 10.1. The lowest BCUT2D eigenvalue weighted by Gasteiger charge is -2.23. The highest BCUT2D eigenvalue weighted by Crippen LogP contribution is 2.24. The summed E-state index contributed by atoms with van der Waals surface area (Å²) in [6.07, 6.45) is 0. The number of nitrogens with zero attached hydrogens (tertiary/aromatic N) is 1. The largest absolute Gasteiger partial charge is 0.383 e. The summed E-state index contributed by atoms with van der Waals surface area (Å²) in [5.74, 6) is 0.552. The lowest BCUT2D eigenvalue weighted by molar-refractivity contribution is 0.0655. The monoisotopic (exact) mass is 410 g/mol. The van der Waals surface area contributed by atoms with Gasteiger partial charge < -0.3 is 15.7 Å². The van der Waals surface area contributed by atoms with Gasteiger partial charge in [-0.3, -0.25) is 0 Å². The van der Waals surface area contributed by atoms with Crippen LogP contribution in [0.25, 0.3) is 0 Å². The van der Waals surface area contributed by atoms with E-state index in [4.69, 9.17) is 0 Å². The van der Waals surface area contributed by atoms with Crippen molar-refractivity contribution in [2.75, 3.05) is 20.1 Å². The molecule has 0 aliphatic heterocycles. The van der Waals surface area contributed by atoms with Crippen LogP contribution in [0.15, 0.2) is 51.7 Å². The molecule has 1 unspecified atom stereocenters. The standard InChI is InChI=1S/C18H26N4O3S2/c1-4-20-17(22-13-18(2,23)16-9-6-10-26-16)21-12-14-7-5-8-15(11-14)27(24,25)19-3/h5-11,19,23H,4,12-13H2,1-3H3,(H2,20,21,22). The number of sulfonamides is 1. The van der Waals surface area contributed by atoms with Crippen molar-refractivity contribution in [1.82, 2.24) is 15.4 Å². The zero-order valence-corrected chi connectivity index (χ0v) is 17.3. The molecule has 0 saturated heterocycles. The first kappa shape index (κ1) is 21.4. The van der Waals surface area contributed by atoms with E-state index in [1.165, 1.54) is 18.4 Å². The molecule has 1 heterocycles. The van der Waals surface area contributed by atoms with Gasteiger partial charge in [-0.25, -0.2) is 18.1 Å². The maximum absolute atomic E-state index is 11.9. The molecular formula is C18H26N4O3S2. The molecule has 27 heavy (non-hydrogen) atoms. The van der Waals surface area contributed by atoms with Crippen LogP contribution in [0, 0.1) is 0 Å². The summed E-state index contributed by atoms with van der Waals surface area (Å²) in [5, 5.41) is 18.8. The molecule has 0 spiro atoms. The minimum Gasteiger partial charge on any atom is -0.383 e.